The Morgan fingerprint density at radius 2 is 2.00 bits per heavy atom. The SMILES string of the molecule is C=CCC[C@@]1(C(C)O)N=C(OC)[C@@H](C(C)C)N=C1OC. The van der Waals surface area contributed by atoms with Crippen LogP contribution in [0.5, 0.6) is 0 Å². The van der Waals surface area contributed by atoms with E-state index < -0.39 is 11.6 Å². The zero-order valence-electron chi connectivity index (χ0n) is 13.1. The van der Waals surface area contributed by atoms with Gasteiger partial charge < -0.3 is 14.6 Å². The molecule has 1 rings (SSSR count). The molecule has 5 heteroatoms. The van der Waals surface area contributed by atoms with Gasteiger partial charge in [0.15, 0.2) is 5.54 Å². The minimum Gasteiger partial charge on any atom is -0.483 e. The topological polar surface area (TPSA) is 63.4 Å². The Bertz CT molecular complexity index is 402. The lowest BCUT2D eigenvalue weighted by Crippen LogP contribution is -2.52. The molecule has 0 aromatic heterocycles. The average Bonchev–Trinajstić information content (AvgIpc) is 2.43. The first kappa shape index (κ1) is 16.7. The number of rotatable bonds is 5. The maximum Gasteiger partial charge on any atom is 0.215 e. The summed E-state index contributed by atoms with van der Waals surface area (Å²) in [7, 11) is 3.15. The maximum absolute atomic E-state index is 10.2. The highest BCUT2D eigenvalue weighted by Crippen LogP contribution is 2.32. The zero-order valence-corrected chi connectivity index (χ0v) is 13.1. The van der Waals surface area contributed by atoms with Crippen molar-refractivity contribution in [2.75, 3.05) is 14.2 Å². The number of hydrogen-bond acceptors (Lipinski definition) is 5. The van der Waals surface area contributed by atoms with E-state index in [1.165, 1.54) is 0 Å². The summed E-state index contributed by atoms with van der Waals surface area (Å²) in [5, 5.41) is 10.2. The Labute approximate surface area is 121 Å². The van der Waals surface area contributed by atoms with Crippen molar-refractivity contribution < 1.29 is 14.6 Å². The number of aliphatic imine (C=N–C) groups is 2. The number of ether oxygens (including phenoxy) is 2. The van der Waals surface area contributed by atoms with Gasteiger partial charge >= 0.3 is 0 Å². The van der Waals surface area contributed by atoms with Crippen LogP contribution in [0.4, 0.5) is 0 Å². The molecule has 0 amide bonds. The minimum absolute atomic E-state index is 0.175. The Morgan fingerprint density at radius 1 is 1.35 bits per heavy atom. The number of aliphatic hydroxyl groups excluding tert-OH is 1. The third kappa shape index (κ3) is 3.03. The average molecular weight is 282 g/mol. The fourth-order valence-electron chi connectivity index (χ4n) is 2.40. The van der Waals surface area contributed by atoms with E-state index in [0.717, 1.165) is 0 Å². The number of methoxy groups -OCH3 is 2. The molecule has 0 bridgehead atoms. The van der Waals surface area contributed by atoms with Crippen LogP contribution in [-0.2, 0) is 9.47 Å². The van der Waals surface area contributed by atoms with Gasteiger partial charge in [-0.2, -0.15) is 0 Å². The molecule has 1 aliphatic heterocycles. The normalized spacial score (nSPS) is 27.6. The maximum atomic E-state index is 10.2. The summed E-state index contributed by atoms with van der Waals surface area (Å²) in [5.74, 6) is 1.25. The van der Waals surface area contributed by atoms with Crippen molar-refractivity contribution in [2.24, 2.45) is 15.9 Å². The van der Waals surface area contributed by atoms with Gasteiger partial charge in [-0.1, -0.05) is 19.9 Å². The van der Waals surface area contributed by atoms with Crippen molar-refractivity contribution in [1.29, 1.82) is 0 Å². The second-order valence-corrected chi connectivity index (χ2v) is 5.41. The summed E-state index contributed by atoms with van der Waals surface area (Å²) in [5.41, 5.74) is -0.889. The monoisotopic (exact) mass is 282 g/mol. The van der Waals surface area contributed by atoms with Gasteiger partial charge in [-0.05, 0) is 25.7 Å². The Morgan fingerprint density at radius 3 is 2.40 bits per heavy atom. The first-order valence-corrected chi connectivity index (χ1v) is 6.97. The van der Waals surface area contributed by atoms with E-state index in [4.69, 9.17) is 9.47 Å². The summed E-state index contributed by atoms with van der Waals surface area (Å²) >= 11 is 0. The van der Waals surface area contributed by atoms with Gasteiger partial charge in [0.05, 0.1) is 20.3 Å². The molecular weight excluding hydrogens is 256 g/mol. The third-order valence-electron chi connectivity index (χ3n) is 3.64. The van der Waals surface area contributed by atoms with Crippen LogP contribution < -0.4 is 0 Å². The molecule has 1 unspecified atom stereocenters. The number of aliphatic hydroxyl groups is 1. The molecular formula is C15H26N2O3. The molecule has 1 N–H and O–H groups in total. The Hall–Kier alpha value is -1.36. The Kier molecular flexibility index (Phi) is 5.74. The van der Waals surface area contributed by atoms with Gasteiger partial charge in [0.25, 0.3) is 0 Å². The second-order valence-electron chi connectivity index (χ2n) is 5.41. The van der Waals surface area contributed by atoms with E-state index >= 15 is 0 Å². The predicted octanol–water partition coefficient (Wildman–Crippen LogP) is 2.20. The van der Waals surface area contributed by atoms with Gasteiger partial charge in [0.2, 0.25) is 11.8 Å². The van der Waals surface area contributed by atoms with Crippen LogP contribution in [0, 0.1) is 5.92 Å². The van der Waals surface area contributed by atoms with Crippen LogP contribution in [0.25, 0.3) is 0 Å². The third-order valence-corrected chi connectivity index (χ3v) is 3.64. The largest absolute Gasteiger partial charge is 0.483 e. The molecule has 1 aliphatic rings. The molecule has 1 heterocycles. The van der Waals surface area contributed by atoms with Gasteiger partial charge in [-0.3, -0.25) is 0 Å². The molecule has 0 saturated carbocycles. The van der Waals surface area contributed by atoms with Gasteiger partial charge in [0, 0.05) is 0 Å². The molecule has 0 aliphatic carbocycles. The molecule has 3 atom stereocenters. The standard InChI is InChI=1S/C15H26N2O3/c1-7-8-9-15(11(4)18)14(20-6)16-12(10(2)3)13(17-15)19-5/h7,10-12,18H,1,8-9H2,2-6H3/t11?,12-,15+/m1/s1. The van der Waals surface area contributed by atoms with Gasteiger partial charge in [-0.15, -0.1) is 6.58 Å². The first-order valence-electron chi connectivity index (χ1n) is 6.97. The summed E-state index contributed by atoms with van der Waals surface area (Å²) in [6.45, 7) is 9.53. The molecule has 114 valence electrons. The summed E-state index contributed by atoms with van der Waals surface area (Å²) in [6.07, 6.45) is 2.37. The molecule has 0 aromatic rings. The van der Waals surface area contributed by atoms with Crippen LogP contribution in [0.15, 0.2) is 22.6 Å². The molecule has 5 nitrogen and oxygen atoms in total. The van der Waals surface area contributed by atoms with Crippen LogP contribution in [0.3, 0.4) is 0 Å². The summed E-state index contributed by atoms with van der Waals surface area (Å²) < 4.78 is 10.8. The number of nitrogens with zero attached hydrogens (tertiary/aromatic N) is 2. The zero-order chi connectivity index (χ0) is 15.3. The molecule has 20 heavy (non-hydrogen) atoms. The van der Waals surface area contributed by atoms with Crippen LogP contribution in [0.2, 0.25) is 0 Å². The molecule has 0 saturated heterocycles. The van der Waals surface area contributed by atoms with E-state index in [1.54, 1.807) is 27.2 Å². The predicted molar refractivity (Wildman–Crippen MR) is 81.4 cm³/mol. The summed E-state index contributed by atoms with van der Waals surface area (Å²) in [4.78, 5) is 9.29. The van der Waals surface area contributed by atoms with Gasteiger partial charge in [0.1, 0.15) is 6.04 Å². The highest BCUT2D eigenvalue weighted by atomic mass is 16.5. The lowest BCUT2D eigenvalue weighted by molar-refractivity contribution is 0.114. The number of hydrogen-bond donors (Lipinski definition) is 1. The fraction of sp³-hybridized carbons (Fsp3) is 0.733. The van der Waals surface area contributed by atoms with E-state index in [1.807, 2.05) is 0 Å². The van der Waals surface area contributed by atoms with Crippen molar-refractivity contribution in [1.82, 2.24) is 0 Å². The van der Waals surface area contributed by atoms with E-state index in [0.29, 0.717) is 24.6 Å². The van der Waals surface area contributed by atoms with Crippen molar-refractivity contribution in [3.8, 4) is 0 Å². The number of allylic oxidation sites excluding steroid dienone is 1. The van der Waals surface area contributed by atoms with Crippen molar-refractivity contribution in [3.05, 3.63) is 12.7 Å². The molecule has 0 spiro atoms. The van der Waals surface area contributed by atoms with Crippen LogP contribution in [0.1, 0.15) is 33.6 Å². The molecule has 0 radical (unpaired) electrons. The first-order chi connectivity index (χ1) is 9.42. The quantitative estimate of drug-likeness (QED) is 0.786. The molecule has 0 aromatic carbocycles. The van der Waals surface area contributed by atoms with E-state index in [-0.39, 0.29) is 12.0 Å². The smallest absolute Gasteiger partial charge is 0.215 e. The molecule has 0 fully saturated rings. The van der Waals surface area contributed by atoms with Crippen molar-refractivity contribution in [3.63, 3.8) is 0 Å². The van der Waals surface area contributed by atoms with E-state index in [9.17, 15) is 5.11 Å². The highest BCUT2D eigenvalue weighted by molar-refractivity contribution is 5.97. The Balaban J connectivity index is 3.29. The van der Waals surface area contributed by atoms with Crippen molar-refractivity contribution >= 4 is 11.8 Å². The summed E-state index contributed by atoms with van der Waals surface area (Å²) in [6, 6.07) is -0.175. The highest BCUT2D eigenvalue weighted by Gasteiger charge is 2.46. The van der Waals surface area contributed by atoms with E-state index in [2.05, 4.69) is 30.4 Å². The van der Waals surface area contributed by atoms with Crippen LogP contribution in [-0.4, -0.2) is 48.8 Å². The van der Waals surface area contributed by atoms with Crippen molar-refractivity contribution in [2.45, 2.75) is 51.3 Å². The van der Waals surface area contributed by atoms with Gasteiger partial charge in [-0.25, -0.2) is 9.98 Å². The van der Waals surface area contributed by atoms with Crippen LogP contribution >= 0.6 is 0 Å². The second kappa shape index (κ2) is 6.88. The fourth-order valence-corrected chi connectivity index (χ4v) is 2.40. The minimum atomic E-state index is -0.889. The lowest BCUT2D eigenvalue weighted by Gasteiger charge is -2.38. The lowest BCUT2D eigenvalue weighted by atomic mass is 9.86.